The lowest BCUT2D eigenvalue weighted by Gasteiger charge is -2.00. The molecule has 0 aliphatic heterocycles. The summed E-state index contributed by atoms with van der Waals surface area (Å²) < 4.78 is 1.85. The molecule has 4 rings (SSSR count). The predicted octanol–water partition coefficient (Wildman–Crippen LogP) is 5.03. The molecule has 0 bridgehead atoms. The SMILES string of the molecule is Clc1ccc(N/N=C\c2cn(-c3ccccc3)nc2-c2ccncc2)cc1. The van der Waals surface area contributed by atoms with E-state index in [2.05, 4.69) is 15.5 Å². The van der Waals surface area contributed by atoms with Crippen molar-refractivity contribution < 1.29 is 0 Å². The first kappa shape index (κ1) is 17.0. The van der Waals surface area contributed by atoms with Crippen molar-refractivity contribution >= 4 is 23.5 Å². The zero-order valence-corrected chi connectivity index (χ0v) is 15.1. The molecule has 0 aliphatic carbocycles. The molecule has 4 aromatic rings. The maximum absolute atomic E-state index is 5.91. The van der Waals surface area contributed by atoms with E-state index in [0.717, 1.165) is 28.2 Å². The quantitative estimate of drug-likeness (QED) is 0.394. The summed E-state index contributed by atoms with van der Waals surface area (Å²) in [5.74, 6) is 0. The molecule has 0 atom stereocenters. The van der Waals surface area contributed by atoms with Gasteiger partial charge < -0.3 is 0 Å². The topological polar surface area (TPSA) is 55.1 Å². The Labute approximate surface area is 162 Å². The van der Waals surface area contributed by atoms with Gasteiger partial charge in [-0.25, -0.2) is 4.68 Å². The molecule has 0 unspecified atom stereocenters. The van der Waals surface area contributed by atoms with Crippen LogP contribution in [0, 0.1) is 0 Å². The number of benzene rings is 2. The van der Waals surface area contributed by atoms with Crippen LogP contribution >= 0.6 is 11.6 Å². The Kier molecular flexibility index (Phi) is 4.94. The third-order valence-electron chi connectivity index (χ3n) is 3.96. The normalized spacial score (nSPS) is 11.0. The molecular weight excluding hydrogens is 358 g/mol. The van der Waals surface area contributed by atoms with Gasteiger partial charge in [0.2, 0.25) is 0 Å². The number of rotatable bonds is 5. The van der Waals surface area contributed by atoms with Crippen molar-refractivity contribution in [3.05, 3.63) is 95.9 Å². The van der Waals surface area contributed by atoms with Crippen molar-refractivity contribution in [2.75, 3.05) is 5.43 Å². The molecule has 0 aliphatic rings. The average Bonchev–Trinajstić information content (AvgIpc) is 3.15. The van der Waals surface area contributed by atoms with E-state index < -0.39 is 0 Å². The van der Waals surface area contributed by atoms with Gasteiger partial charge in [0, 0.05) is 34.7 Å². The van der Waals surface area contributed by atoms with Crippen molar-refractivity contribution in [1.29, 1.82) is 0 Å². The van der Waals surface area contributed by atoms with Crippen LogP contribution in [0.2, 0.25) is 5.02 Å². The molecule has 0 amide bonds. The molecule has 132 valence electrons. The molecule has 0 saturated heterocycles. The zero-order chi connectivity index (χ0) is 18.5. The van der Waals surface area contributed by atoms with Crippen LogP contribution < -0.4 is 5.43 Å². The number of pyridine rings is 1. The fraction of sp³-hybridized carbons (Fsp3) is 0. The Morgan fingerprint density at radius 3 is 2.41 bits per heavy atom. The molecular formula is C21H16ClN5. The minimum atomic E-state index is 0.689. The van der Waals surface area contributed by atoms with Crippen LogP contribution in [0.3, 0.4) is 0 Å². The maximum atomic E-state index is 5.91. The van der Waals surface area contributed by atoms with Crippen molar-refractivity contribution in [2.24, 2.45) is 5.10 Å². The summed E-state index contributed by atoms with van der Waals surface area (Å²) in [6, 6.07) is 21.2. The summed E-state index contributed by atoms with van der Waals surface area (Å²) in [5, 5.41) is 9.78. The van der Waals surface area contributed by atoms with Crippen LogP contribution in [0.15, 0.2) is 90.4 Å². The van der Waals surface area contributed by atoms with E-state index in [1.165, 1.54) is 0 Å². The molecule has 0 radical (unpaired) electrons. The Balaban J connectivity index is 1.66. The lowest BCUT2D eigenvalue weighted by atomic mass is 10.1. The molecule has 5 nitrogen and oxygen atoms in total. The molecule has 2 aromatic carbocycles. The number of hydrazone groups is 1. The van der Waals surface area contributed by atoms with Gasteiger partial charge in [-0.3, -0.25) is 10.4 Å². The van der Waals surface area contributed by atoms with E-state index in [-0.39, 0.29) is 0 Å². The molecule has 27 heavy (non-hydrogen) atoms. The highest BCUT2D eigenvalue weighted by Crippen LogP contribution is 2.22. The molecule has 0 spiro atoms. The summed E-state index contributed by atoms with van der Waals surface area (Å²) in [6.45, 7) is 0. The molecule has 1 N–H and O–H groups in total. The van der Waals surface area contributed by atoms with Crippen LogP contribution in [-0.2, 0) is 0 Å². The summed E-state index contributed by atoms with van der Waals surface area (Å²) in [4.78, 5) is 4.08. The standard InChI is InChI=1S/C21H16ClN5/c22-18-6-8-19(9-7-18)25-24-14-17-15-27(20-4-2-1-3-5-20)26-21(17)16-10-12-23-13-11-16/h1-15,25H/b24-14-. The molecule has 2 aromatic heterocycles. The van der Waals surface area contributed by atoms with E-state index >= 15 is 0 Å². The summed E-state index contributed by atoms with van der Waals surface area (Å²) in [5.41, 5.74) is 7.56. The molecule has 2 heterocycles. The van der Waals surface area contributed by atoms with Gasteiger partial charge in [0.25, 0.3) is 0 Å². The van der Waals surface area contributed by atoms with Gasteiger partial charge in [-0.05, 0) is 48.5 Å². The fourth-order valence-corrected chi connectivity index (χ4v) is 2.76. The van der Waals surface area contributed by atoms with Gasteiger partial charge in [0.15, 0.2) is 0 Å². The number of hydrogen-bond donors (Lipinski definition) is 1. The first-order valence-corrected chi connectivity index (χ1v) is 8.77. The van der Waals surface area contributed by atoms with Gasteiger partial charge in [-0.1, -0.05) is 29.8 Å². The Bertz CT molecular complexity index is 1040. The molecule has 0 saturated carbocycles. The van der Waals surface area contributed by atoms with E-state index in [9.17, 15) is 0 Å². The summed E-state index contributed by atoms with van der Waals surface area (Å²) in [7, 11) is 0. The van der Waals surface area contributed by atoms with E-state index in [1.54, 1.807) is 18.6 Å². The summed E-state index contributed by atoms with van der Waals surface area (Å²) >= 11 is 5.91. The number of halogens is 1. The number of nitrogens with one attached hydrogen (secondary N) is 1. The third kappa shape index (κ3) is 4.04. The van der Waals surface area contributed by atoms with Gasteiger partial charge in [0.05, 0.1) is 17.6 Å². The highest BCUT2D eigenvalue weighted by molar-refractivity contribution is 6.30. The number of anilines is 1. The van der Waals surface area contributed by atoms with E-state index in [4.69, 9.17) is 16.7 Å². The maximum Gasteiger partial charge on any atom is 0.102 e. The van der Waals surface area contributed by atoms with E-state index in [1.807, 2.05) is 77.6 Å². The lowest BCUT2D eigenvalue weighted by Crippen LogP contribution is -1.93. The first-order chi connectivity index (χ1) is 13.3. The highest BCUT2D eigenvalue weighted by Gasteiger charge is 2.10. The Morgan fingerprint density at radius 1 is 0.926 bits per heavy atom. The first-order valence-electron chi connectivity index (χ1n) is 8.40. The van der Waals surface area contributed by atoms with Crippen LogP contribution in [0.25, 0.3) is 16.9 Å². The summed E-state index contributed by atoms with van der Waals surface area (Å²) in [6.07, 6.45) is 7.22. The van der Waals surface area contributed by atoms with Gasteiger partial charge in [-0.15, -0.1) is 0 Å². The second kappa shape index (κ2) is 7.85. The third-order valence-corrected chi connectivity index (χ3v) is 4.21. The minimum absolute atomic E-state index is 0.689. The fourth-order valence-electron chi connectivity index (χ4n) is 2.63. The minimum Gasteiger partial charge on any atom is -0.279 e. The van der Waals surface area contributed by atoms with Crippen molar-refractivity contribution in [3.63, 3.8) is 0 Å². The smallest absolute Gasteiger partial charge is 0.102 e. The van der Waals surface area contributed by atoms with Crippen LogP contribution in [0.1, 0.15) is 5.56 Å². The second-order valence-corrected chi connectivity index (χ2v) is 6.26. The monoisotopic (exact) mass is 373 g/mol. The van der Waals surface area contributed by atoms with Gasteiger partial charge in [0.1, 0.15) is 5.69 Å². The average molecular weight is 374 g/mol. The number of hydrogen-bond acceptors (Lipinski definition) is 4. The van der Waals surface area contributed by atoms with Crippen molar-refractivity contribution in [2.45, 2.75) is 0 Å². The highest BCUT2D eigenvalue weighted by atomic mass is 35.5. The zero-order valence-electron chi connectivity index (χ0n) is 14.3. The second-order valence-electron chi connectivity index (χ2n) is 5.83. The Hall–Kier alpha value is -3.44. The lowest BCUT2D eigenvalue weighted by molar-refractivity contribution is 0.884. The largest absolute Gasteiger partial charge is 0.279 e. The van der Waals surface area contributed by atoms with Crippen LogP contribution in [0.4, 0.5) is 5.69 Å². The van der Waals surface area contributed by atoms with Crippen LogP contribution in [0.5, 0.6) is 0 Å². The van der Waals surface area contributed by atoms with Crippen molar-refractivity contribution in [1.82, 2.24) is 14.8 Å². The van der Waals surface area contributed by atoms with Crippen LogP contribution in [-0.4, -0.2) is 21.0 Å². The van der Waals surface area contributed by atoms with Gasteiger partial charge in [-0.2, -0.15) is 10.2 Å². The number of aromatic nitrogens is 3. The van der Waals surface area contributed by atoms with Gasteiger partial charge >= 0.3 is 0 Å². The molecule has 6 heteroatoms. The Morgan fingerprint density at radius 2 is 1.67 bits per heavy atom. The number of nitrogens with zero attached hydrogens (tertiary/aromatic N) is 4. The van der Waals surface area contributed by atoms with Crippen molar-refractivity contribution in [3.8, 4) is 16.9 Å². The molecule has 0 fully saturated rings. The predicted molar refractivity (Wildman–Crippen MR) is 109 cm³/mol. The number of para-hydroxylation sites is 1. The van der Waals surface area contributed by atoms with E-state index in [0.29, 0.717) is 5.02 Å².